The van der Waals surface area contributed by atoms with Gasteiger partial charge in [-0.1, -0.05) is 23.2 Å². The minimum atomic E-state index is -1.34. The summed E-state index contributed by atoms with van der Waals surface area (Å²) >= 11 is 11.9. The molecule has 1 aromatic carbocycles. The molecule has 8 heteroatoms. The number of aliphatic hydroxyl groups excluding tert-OH is 2. The molecule has 0 radical (unpaired) electrons. The number of carbonyl (C=O) groups excluding carboxylic acids is 1. The summed E-state index contributed by atoms with van der Waals surface area (Å²) in [5, 5.41) is 29.2. The number of rotatable bonds is 4. The Bertz CT molecular complexity index is 658. The van der Waals surface area contributed by atoms with Crippen LogP contribution in [0.3, 0.4) is 0 Å². The Hall–Kier alpha value is -1.05. The number of aliphatic hydroxyl groups is 2. The summed E-state index contributed by atoms with van der Waals surface area (Å²) in [6.07, 6.45) is 0.333. The summed E-state index contributed by atoms with van der Waals surface area (Å²) in [6.45, 7) is 0.572. The topological polar surface area (TPSA) is 107 Å². The molecule has 1 heterocycles. The predicted octanol–water partition coefficient (Wildman–Crippen LogP) is 1.54. The molecule has 3 rings (SSSR count). The van der Waals surface area contributed by atoms with Gasteiger partial charge in [0.1, 0.15) is 5.75 Å². The van der Waals surface area contributed by atoms with Crippen LogP contribution in [0.4, 0.5) is 0 Å². The highest BCUT2D eigenvalue weighted by atomic mass is 35.5. The lowest BCUT2D eigenvalue weighted by atomic mass is 9.90. The quantitative estimate of drug-likeness (QED) is 0.625. The Balaban J connectivity index is 1.66. The second kappa shape index (κ2) is 7.29. The summed E-state index contributed by atoms with van der Waals surface area (Å²) in [6, 6.07) is 2.67. The largest absolute Gasteiger partial charge is 0.508 e. The number of benzene rings is 1. The van der Waals surface area contributed by atoms with Crippen molar-refractivity contribution in [3.05, 3.63) is 27.7 Å². The monoisotopic (exact) mass is 388 g/mol. The third-order valence-corrected chi connectivity index (χ3v) is 6.22. The first kappa shape index (κ1) is 18.7. The maximum Gasteiger partial charge on any atom is 0.253 e. The molecule has 6 nitrogen and oxygen atoms in total. The molecule has 1 aliphatic carbocycles. The van der Waals surface area contributed by atoms with Crippen LogP contribution in [0.5, 0.6) is 5.75 Å². The van der Waals surface area contributed by atoms with Crippen molar-refractivity contribution in [3.8, 4) is 5.75 Å². The van der Waals surface area contributed by atoms with E-state index in [2.05, 4.69) is 0 Å². The lowest BCUT2D eigenvalue weighted by Gasteiger charge is -2.24. The van der Waals surface area contributed by atoms with Crippen molar-refractivity contribution >= 4 is 29.1 Å². The van der Waals surface area contributed by atoms with E-state index >= 15 is 0 Å². The normalized spacial score (nSPS) is 28.0. The predicted molar refractivity (Wildman–Crippen MR) is 94.4 cm³/mol. The highest BCUT2D eigenvalue weighted by Gasteiger charge is 2.45. The molecule has 1 aromatic rings. The first-order chi connectivity index (χ1) is 11.8. The van der Waals surface area contributed by atoms with E-state index in [0.29, 0.717) is 35.5 Å². The van der Waals surface area contributed by atoms with Gasteiger partial charge >= 0.3 is 0 Å². The number of fused-ring (bicyclic) bond motifs is 1. The molecule has 1 saturated heterocycles. The molecule has 5 atom stereocenters. The summed E-state index contributed by atoms with van der Waals surface area (Å²) in [4.78, 5) is 13.6. The van der Waals surface area contributed by atoms with Gasteiger partial charge in [-0.05, 0) is 36.7 Å². The maximum absolute atomic E-state index is 12.0. The third kappa shape index (κ3) is 3.59. The molecular formula is C17H22Cl2N2O4. The van der Waals surface area contributed by atoms with Crippen molar-refractivity contribution in [2.75, 3.05) is 19.7 Å². The van der Waals surface area contributed by atoms with Crippen LogP contribution >= 0.6 is 23.2 Å². The molecule has 0 aromatic heterocycles. The molecule has 25 heavy (non-hydrogen) atoms. The minimum absolute atomic E-state index is 0.0434. The van der Waals surface area contributed by atoms with Crippen LogP contribution in [0.15, 0.2) is 12.1 Å². The standard InChI is InChI=1S/C17H22Cl2N2O4/c18-12-3-11(14(23)4-13(12)19)16(20)8-1-9-5-21(6-10(9)2-8)17(25)15(24)7-22/h3-4,8-10,15-16,22-24H,1-2,5-7,20H2/t8-,9-,10+,15-,16?/m1/s1. The summed E-state index contributed by atoms with van der Waals surface area (Å²) in [7, 11) is 0. The van der Waals surface area contributed by atoms with Crippen molar-refractivity contribution in [2.24, 2.45) is 23.5 Å². The van der Waals surface area contributed by atoms with E-state index in [4.69, 9.17) is 34.0 Å². The Morgan fingerprint density at radius 1 is 1.24 bits per heavy atom. The smallest absolute Gasteiger partial charge is 0.253 e. The van der Waals surface area contributed by atoms with Crippen LogP contribution in [0.2, 0.25) is 10.0 Å². The van der Waals surface area contributed by atoms with E-state index < -0.39 is 18.6 Å². The number of halogens is 2. The summed E-state index contributed by atoms with van der Waals surface area (Å²) < 4.78 is 0. The van der Waals surface area contributed by atoms with Crippen molar-refractivity contribution in [1.29, 1.82) is 0 Å². The zero-order valence-corrected chi connectivity index (χ0v) is 15.1. The van der Waals surface area contributed by atoms with Gasteiger partial charge < -0.3 is 26.0 Å². The van der Waals surface area contributed by atoms with Crippen LogP contribution < -0.4 is 5.73 Å². The van der Waals surface area contributed by atoms with E-state index in [9.17, 15) is 15.0 Å². The number of carbonyl (C=O) groups is 1. The van der Waals surface area contributed by atoms with E-state index in [1.54, 1.807) is 11.0 Å². The van der Waals surface area contributed by atoms with Crippen molar-refractivity contribution in [3.63, 3.8) is 0 Å². The Morgan fingerprint density at radius 2 is 1.80 bits per heavy atom. The maximum atomic E-state index is 12.0. The minimum Gasteiger partial charge on any atom is -0.508 e. The fourth-order valence-electron chi connectivity index (χ4n) is 4.18. The molecule has 1 unspecified atom stereocenters. The molecular weight excluding hydrogens is 367 g/mol. The van der Waals surface area contributed by atoms with Crippen LogP contribution in [0.25, 0.3) is 0 Å². The molecule has 2 aliphatic rings. The first-order valence-corrected chi connectivity index (χ1v) is 9.08. The summed E-state index contributed by atoms with van der Waals surface area (Å²) in [5.74, 6) is 0.437. The average Bonchev–Trinajstić information content (AvgIpc) is 3.15. The number of nitrogens with two attached hydrogens (primary N) is 1. The number of hydrogen-bond acceptors (Lipinski definition) is 5. The second-order valence-corrected chi connectivity index (χ2v) is 7.86. The van der Waals surface area contributed by atoms with Crippen LogP contribution in [-0.4, -0.2) is 51.9 Å². The van der Waals surface area contributed by atoms with E-state index in [1.165, 1.54) is 6.07 Å². The lowest BCUT2D eigenvalue weighted by molar-refractivity contribution is -0.141. The number of amides is 1. The van der Waals surface area contributed by atoms with E-state index in [-0.39, 0.29) is 22.7 Å². The van der Waals surface area contributed by atoms with Crippen molar-refractivity contribution < 1.29 is 20.1 Å². The number of hydrogen-bond donors (Lipinski definition) is 4. The zero-order valence-electron chi connectivity index (χ0n) is 13.6. The van der Waals surface area contributed by atoms with Crippen molar-refractivity contribution in [1.82, 2.24) is 4.90 Å². The Labute approximate surface area is 156 Å². The average molecular weight is 389 g/mol. The number of aromatic hydroxyl groups is 1. The molecule has 1 saturated carbocycles. The van der Waals surface area contributed by atoms with Crippen LogP contribution in [0, 0.1) is 17.8 Å². The number of nitrogens with zero attached hydrogens (tertiary/aromatic N) is 1. The summed E-state index contributed by atoms with van der Waals surface area (Å²) in [5.41, 5.74) is 6.96. The van der Waals surface area contributed by atoms with Crippen LogP contribution in [-0.2, 0) is 4.79 Å². The number of phenolic OH excluding ortho intramolecular Hbond substituents is 1. The van der Waals surface area contributed by atoms with Crippen molar-refractivity contribution in [2.45, 2.75) is 25.0 Å². The molecule has 2 fully saturated rings. The van der Waals surface area contributed by atoms with Gasteiger partial charge in [-0.3, -0.25) is 4.79 Å². The van der Waals surface area contributed by atoms with Crippen LogP contribution in [0.1, 0.15) is 24.4 Å². The van der Waals surface area contributed by atoms with Gasteiger partial charge in [-0.15, -0.1) is 0 Å². The molecule has 0 spiro atoms. The molecule has 1 amide bonds. The molecule has 0 bridgehead atoms. The van der Waals surface area contributed by atoms with Gasteiger partial charge in [0, 0.05) is 30.8 Å². The van der Waals surface area contributed by atoms with Gasteiger partial charge in [0.15, 0.2) is 6.10 Å². The van der Waals surface area contributed by atoms with Gasteiger partial charge in [-0.2, -0.15) is 0 Å². The van der Waals surface area contributed by atoms with Gasteiger partial charge in [-0.25, -0.2) is 0 Å². The molecule has 138 valence electrons. The first-order valence-electron chi connectivity index (χ1n) is 8.33. The highest BCUT2D eigenvalue weighted by Crippen LogP contribution is 2.47. The second-order valence-electron chi connectivity index (χ2n) is 7.04. The molecule has 1 aliphatic heterocycles. The SMILES string of the molecule is NC(c1cc(Cl)c(Cl)cc1O)[C@@H]1C[C@@H]2CN(C(=O)[C@H](O)CO)C[C@@H]2C1. The molecule has 5 N–H and O–H groups in total. The third-order valence-electron chi connectivity index (χ3n) is 5.49. The number of phenols is 1. The number of likely N-dealkylation sites (tertiary alicyclic amines) is 1. The van der Waals surface area contributed by atoms with E-state index in [1.807, 2.05) is 0 Å². The van der Waals surface area contributed by atoms with Gasteiger partial charge in [0.25, 0.3) is 5.91 Å². The van der Waals surface area contributed by atoms with Gasteiger partial charge in [0.2, 0.25) is 0 Å². The fraction of sp³-hybridized carbons (Fsp3) is 0.588. The lowest BCUT2D eigenvalue weighted by Crippen LogP contribution is -2.40. The Kier molecular flexibility index (Phi) is 5.46. The van der Waals surface area contributed by atoms with Gasteiger partial charge in [0.05, 0.1) is 16.7 Å². The Morgan fingerprint density at radius 3 is 2.36 bits per heavy atom. The van der Waals surface area contributed by atoms with E-state index in [0.717, 1.165) is 12.8 Å². The fourth-order valence-corrected chi connectivity index (χ4v) is 4.51. The highest BCUT2D eigenvalue weighted by molar-refractivity contribution is 6.42. The zero-order chi connectivity index (χ0) is 18.3.